The Labute approximate surface area is 185 Å². The molecule has 0 N–H and O–H groups in total. The van der Waals surface area contributed by atoms with E-state index in [1.165, 1.54) is 31.7 Å². The lowest BCUT2D eigenvalue weighted by Gasteiger charge is -2.26. The van der Waals surface area contributed by atoms with Crippen molar-refractivity contribution in [3.63, 3.8) is 0 Å². The number of hydrogen-bond donors (Lipinski definition) is 0. The number of halogens is 2. The van der Waals surface area contributed by atoms with Gasteiger partial charge < -0.3 is 14.2 Å². The zero-order valence-electron chi connectivity index (χ0n) is 17.1. The molecular formula is C22H21ClFNO5S. The highest BCUT2D eigenvalue weighted by Gasteiger charge is 2.27. The Morgan fingerprint density at radius 3 is 2.10 bits per heavy atom. The largest absolute Gasteiger partial charge is 0.497 e. The van der Waals surface area contributed by atoms with Gasteiger partial charge in [0.25, 0.3) is 10.0 Å². The van der Waals surface area contributed by atoms with Crippen molar-refractivity contribution in [2.75, 3.05) is 25.6 Å². The van der Waals surface area contributed by atoms with Gasteiger partial charge in [-0.25, -0.2) is 12.8 Å². The molecule has 3 aromatic rings. The van der Waals surface area contributed by atoms with Gasteiger partial charge in [-0.2, -0.15) is 0 Å². The summed E-state index contributed by atoms with van der Waals surface area (Å²) in [7, 11) is 0.341. The second-order valence-electron chi connectivity index (χ2n) is 6.51. The number of anilines is 1. The molecule has 6 nitrogen and oxygen atoms in total. The normalized spacial score (nSPS) is 11.1. The molecular weight excluding hydrogens is 445 g/mol. The highest BCUT2D eigenvalue weighted by Crippen LogP contribution is 2.34. The third kappa shape index (κ3) is 5.03. The van der Waals surface area contributed by atoms with E-state index in [4.69, 9.17) is 25.8 Å². The molecule has 0 atom stereocenters. The van der Waals surface area contributed by atoms with E-state index in [9.17, 15) is 12.8 Å². The molecule has 31 heavy (non-hydrogen) atoms. The predicted octanol–water partition coefficient (Wildman–Crippen LogP) is 4.90. The van der Waals surface area contributed by atoms with E-state index in [-0.39, 0.29) is 16.5 Å². The number of rotatable bonds is 8. The lowest BCUT2D eigenvalue weighted by atomic mass is 10.2. The van der Waals surface area contributed by atoms with Gasteiger partial charge in [-0.1, -0.05) is 23.7 Å². The minimum Gasteiger partial charge on any atom is -0.497 e. The van der Waals surface area contributed by atoms with Crippen molar-refractivity contribution in [2.45, 2.75) is 11.4 Å². The number of methoxy groups -OCH3 is 3. The number of hydrogen-bond acceptors (Lipinski definition) is 5. The van der Waals surface area contributed by atoms with Crippen LogP contribution in [0, 0.1) is 5.82 Å². The van der Waals surface area contributed by atoms with Crippen molar-refractivity contribution < 1.29 is 27.0 Å². The summed E-state index contributed by atoms with van der Waals surface area (Å²) in [6.07, 6.45) is 0. The Hall–Kier alpha value is -2.97. The van der Waals surface area contributed by atoms with Crippen LogP contribution in [0.5, 0.6) is 17.2 Å². The number of ether oxygens (including phenoxy) is 3. The van der Waals surface area contributed by atoms with Crippen molar-refractivity contribution in [1.82, 2.24) is 0 Å². The molecule has 0 aliphatic carbocycles. The second kappa shape index (κ2) is 9.45. The van der Waals surface area contributed by atoms with Gasteiger partial charge >= 0.3 is 0 Å². The zero-order chi connectivity index (χ0) is 22.6. The van der Waals surface area contributed by atoms with Crippen molar-refractivity contribution in [3.05, 3.63) is 77.1 Å². The van der Waals surface area contributed by atoms with Crippen LogP contribution in [-0.2, 0) is 16.6 Å². The summed E-state index contributed by atoms with van der Waals surface area (Å²) in [6.45, 7) is -0.0230. The van der Waals surface area contributed by atoms with E-state index in [1.807, 2.05) is 0 Å². The van der Waals surface area contributed by atoms with Crippen LogP contribution in [0.2, 0.25) is 5.02 Å². The lowest BCUT2D eigenvalue weighted by Crippen LogP contribution is -2.30. The topological polar surface area (TPSA) is 65.1 Å². The lowest BCUT2D eigenvalue weighted by molar-refractivity contribution is 0.394. The Bertz CT molecular complexity index is 1160. The summed E-state index contributed by atoms with van der Waals surface area (Å²) >= 11 is 5.85. The first-order valence-electron chi connectivity index (χ1n) is 9.12. The van der Waals surface area contributed by atoms with Crippen molar-refractivity contribution in [3.8, 4) is 17.2 Å². The van der Waals surface area contributed by atoms with Gasteiger partial charge in [-0.3, -0.25) is 4.31 Å². The summed E-state index contributed by atoms with van der Waals surface area (Å²) in [5.74, 6) is 0.709. The summed E-state index contributed by atoms with van der Waals surface area (Å²) < 4.78 is 57.8. The first-order chi connectivity index (χ1) is 14.8. The minimum atomic E-state index is -4.13. The Balaban J connectivity index is 2.17. The first-order valence-corrected chi connectivity index (χ1v) is 10.9. The van der Waals surface area contributed by atoms with Crippen molar-refractivity contribution in [1.29, 1.82) is 0 Å². The van der Waals surface area contributed by atoms with Crippen LogP contribution in [0.25, 0.3) is 0 Å². The second-order valence-corrected chi connectivity index (χ2v) is 8.78. The summed E-state index contributed by atoms with van der Waals surface area (Å²) in [6, 6.07) is 15.1. The quantitative estimate of drug-likeness (QED) is 0.473. The maximum atomic E-state index is 13.7. The zero-order valence-corrected chi connectivity index (χ0v) is 18.7. The summed E-state index contributed by atoms with van der Waals surface area (Å²) in [5, 5.41) is -0.286. The van der Waals surface area contributed by atoms with E-state index in [0.29, 0.717) is 28.5 Å². The fraction of sp³-hybridized carbons (Fsp3) is 0.182. The third-order valence-electron chi connectivity index (χ3n) is 4.56. The average molecular weight is 466 g/mol. The van der Waals surface area contributed by atoms with E-state index in [0.717, 1.165) is 12.1 Å². The van der Waals surface area contributed by atoms with Crippen LogP contribution in [0.3, 0.4) is 0 Å². The van der Waals surface area contributed by atoms with Gasteiger partial charge in [0, 0.05) is 18.2 Å². The van der Waals surface area contributed by atoms with Crippen LogP contribution < -0.4 is 18.5 Å². The molecule has 0 bridgehead atoms. The SMILES string of the molecule is COc1cccc(CN(c2cc(OC)cc(OC)c2)S(=O)(=O)c2ccc(F)c(Cl)c2)c1. The highest BCUT2D eigenvalue weighted by molar-refractivity contribution is 7.92. The van der Waals surface area contributed by atoms with Gasteiger partial charge in [0.2, 0.25) is 0 Å². The summed E-state index contributed by atoms with van der Waals surface area (Å²) in [4.78, 5) is -0.149. The predicted molar refractivity (Wildman–Crippen MR) is 117 cm³/mol. The molecule has 3 rings (SSSR count). The molecule has 0 aliphatic heterocycles. The van der Waals surface area contributed by atoms with Crippen LogP contribution in [0.1, 0.15) is 5.56 Å². The molecule has 0 aliphatic rings. The molecule has 0 unspecified atom stereocenters. The number of nitrogens with zero attached hydrogens (tertiary/aromatic N) is 1. The van der Waals surface area contributed by atoms with Gasteiger partial charge in [0.1, 0.15) is 23.1 Å². The first kappa shape index (κ1) is 22.7. The molecule has 0 aromatic heterocycles. The van der Waals surface area contributed by atoms with Gasteiger partial charge in [-0.15, -0.1) is 0 Å². The van der Waals surface area contributed by atoms with Gasteiger partial charge in [0.15, 0.2) is 0 Å². The van der Waals surface area contributed by atoms with E-state index < -0.39 is 15.8 Å². The Kier molecular flexibility index (Phi) is 6.92. The highest BCUT2D eigenvalue weighted by atomic mass is 35.5. The molecule has 9 heteroatoms. The Morgan fingerprint density at radius 1 is 0.871 bits per heavy atom. The molecule has 0 amide bonds. The molecule has 3 aromatic carbocycles. The molecule has 0 spiro atoms. The van der Waals surface area contributed by atoms with Crippen LogP contribution in [0.4, 0.5) is 10.1 Å². The fourth-order valence-corrected chi connectivity index (χ4v) is 4.66. The van der Waals surface area contributed by atoms with Gasteiger partial charge in [-0.05, 0) is 35.9 Å². The fourth-order valence-electron chi connectivity index (χ4n) is 2.95. The smallest absolute Gasteiger partial charge is 0.264 e. The molecule has 0 radical (unpaired) electrons. The molecule has 0 saturated heterocycles. The number of sulfonamides is 1. The maximum Gasteiger partial charge on any atom is 0.264 e. The van der Waals surface area contributed by atoms with Crippen molar-refractivity contribution >= 4 is 27.3 Å². The Morgan fingerprint density at radius 2 is 1.52 bits per heavy atom. The standard InChI is InChI=1S/C22H21ClFNO5S/c1-28-17-6-4-5-15(9-17)14-25(16-10-18(29-2)12-19(11-16)30-3)31(26,27)20-7-8-22(24)21(23)13-20/h4-13H,14H2,1-3H3. The van der Waals surface area contributed by atoms with Gasteiger partial charge in [0.05, 0.1) is 43.5 Å². The monoisotopic (exact) mass is 465 g/mol. The van der Waals surface area contributed by atoms with E-state index >= 15 is 0 Å². The van der Waals surface area contributed by atoms with Crippen molar-refractivity contribution in [2.24, 2.45) is 0 Å². The molecule has 0 fully saturated rings. The van der Waals surface area contributed by atoms with E-state index in [2.05, 4.69) is 0 Å². The molecule has 0 saturated carbocycles. The maximum absolute atomic E-state index is 13.7. The molecule has 0 heterocycles. The summed E-state index contributed by atoms with van der Waals surface area (Å²) in [5.41, 5.74) is 0.984. The number of benzene rings is 3. The average Bonchev–Trinajstić information content (AvgIpc) is 2.78. The van der Waals surface area contributed by atoms with Crippen LogP contribution >= 0.6 is 11.6 Å². The van der Waals surface area contributed by atoms with E-state index in [1.54, 1.807) is 42.5 Å². The molecule has 164 valence electrons. The minimum absolute atomic E-state index is 0.0230. The third-order valence-corrected chi connectivity index (χ3v) is 6.62. The van der Waals surface area contributed by atoms with Crippen LogP contribution in [-0.4, -0.2) is 29.7 Å². The van der Waals surface area contributed by atoms with Crippen LogP contribution in [0.15, 0.2) is 65.6 Å².